The second-order valence-corrected chi connectivity index (χ2v) is 3.70. The van der Waals surface area contributed by atoms with Crippen LogP contribution in [0, 0.1) is 11.8 Å². The molecule has 0 aliphatic heterocycles. The van der Waals surface area contributed by atoms with Crippen LogP contribution in [-0.2, 0) is 0 Å². The zero-order chi connectivity index (χ0) is 13.4. The maximum Gasteiger partial charge on any atom is 0.272 e. The van der Waals surface area contributed by atoms with E-state index in [4.69, 9.17) is 10.2 Å². The van der Waals surface area contributed by atoms with Crippen molar-refractivity contribution in [1.82, 2.24) is 9.88 Å². The van der Waals surface area contributed by atoms with Gasteiger partial charge in [0, 0.05) is 32.0 Å². The first-order valence-electron chi connectivity index (χ1n) is 5.61. The molecule has 0 aliphatic rings. The summed E-state index contributed by atoms with van der Waals surface area (Å²) in [5, 5.41) is 17.2. The molecule has 5 heteroatoms. The molecule has 0 atom stereocenters. The lowest BCUT2D eigenvalue weighted by atomic mass is 10.2. The fourth-order valence-corrected chi connectivity index (χ4v) is 1.34. The lowest BCUT2D eigenvalue weighted by Gasteiger charge is -2.15. The van der Waals surface area contributed by atoms with Crippen molar-refractivity contribution in [1.29, 1.82) is 0 Å². The van der Waals surface area contributed by atoms with Crippen molar-refractivity contribution in [3.05, 3.63) is 29.6 Å². The Hall–Kier alpha value is -1.90. The largest absolute Gasteiger partial charge is 0.396 e. The van der Waals surface area contributed by atoms with Crippen LogP contribution in [0.4, 0.5) is 0 Å². The topological polar surface area (TPSA) is 73.7 Å². The van der Waals surface area contributed by atoms with Crippen molar-refractivity contribution < 1.29 is 15.0 Å². The van der Waals surface area contributed by atoms with Crippen molar-refractivity contribution in [2.45, 2.75) is 6.42 Å². The highest BCUT2D eigenvalue weighted by molar-refractivity contribution is 5.92. The normalized spacial score (nSPS) is 9.50. The number of nitrogens with zero attached hydrogens (tertiary/aromatic N) is 2. The van der Waals surface area contributed by atoms with Crippen molar-refractivity contribution in [3.63, 3.8) is 0 Å². The van der Waals surface area contributed by atoms with Crippen LogP contribution in [0.15, 0.2) is 18.3 Å². The lowest BCUT2D eigenvalue weighted by molar-refractivity contribution is 0.0780. The standard InChI is InChI=1S/C13H16N2O3/c1-15(7-3-9-17)13(18)12-6-5-11(10-14-12)4-2-8-16/h5-6,10,16-17H,3,7-9H2,1H3. The van der Waals surface area contributed by atoms with Crippen LogP contribution in [0.5, 0.6) is 0 Å². The van der Waals surface area contributed by atoms with E-state index in [0.29, 0.717) is 24.2 Å². The van der Waals surface area contributed by atoms with Crippen molar-refractivity contribution in [2.75, 3.05) is 26.8 Å². The fourth-order valence-electron chi connectivity index (χ4n) is 1.34. The third-order valence-electron chi connectivity index (χ3n) is 2.29. The molecule has 0 unspecified atom stereocenters. The number of carbonyl (C=O) groups is 1. The van der Waals surface area contributed by atoms with E-state index in [1.165, 1.54) is 11.1 Å². The third-order valence-corrected chi connectivity index (χ3v) is 2.29. The molecule has 1 amide bonds. The van der Waals surface area contributed by atoms with Gasteiger partial charge in [-0.3, -0.25) is 4.79 Å². The molecule has 1 rings (SSSR count). The number of hydrogen-bond donors (Lipinski definition) is 2. The first-order valence-corrected chi connectivity index (χ1v) is 5.61. The summed E-state index contributed by atoms with van der Waals surface area (Å²) in [6.45, 7) is 0.342. The van der Waals surface area contributed by atoms with E-state index in [-0.39, 0.29) is 19.1 Å². The van der Waals surface area contributed by atoms with Crippen LogP contribution in [0.2, 0.25) is 0 Å². The van der Waals surface area contributed by atoms with Gasteiger partial charge in [-0.1, -0.05) is 11.8 Å². The van der Waals surface area contributed by atoms with Crippen LogP contribution < -0.4 is 0 Å². The molecule has 2 N–H and O–H groups in total. The van der Waals surface area contributed by atoms with E-state index in [2.05, 4.69) is 16.8 Å². The predicted molar refractivity (Wildman–Crippen MR) is 66.9 cm³/mol. The minimum absolute atomic E-state index is 0.0563. The Morgan fingerprint density at radius 1 is 1.44 bits per heavy atom. The molecule has 5 nitrogen and oxygen atoms in total. The maximum atomic E-state index is 11.9. The van der Waals surface area contributed by atoms with Gasteiger partial charge in [0.1, 0.15) is 12.3 Å². The average molecular weight is 248 g/mol. The Bertz CT molecular complexity index is 446. The molecule has 1 heterocycles. The quantitative estimate of drug-likeness (QED) is 0.729. The summed E-state index contributed by atoms with van der Waals surface area (Å²) >= 11 is 0. The Morgan fingerprint density at radius 2 is 2.22 bits per heavy atom. The number of rotatable bonds is 4. The summed E-state index contributed by atoms with van der Waals surface area (Å²) in [6, 6.07) is 3.28. The SMILES string of the molecule is CN(CCCO)C(=O)c1ccc(C#CCO)cn1. The lowest BCUT2D eigenvalue weighted by Crippen LogP contribution is -2.28. The summed E-state index contributed by atoms with van der Waals surface area (Å²) in [6.07, 6.45) is 2.04. The molecule has 0 spiro atoms. The molecule has 0 saturated carbocycles. The molecule has 1 aromatic heterocycles. The molecule has 1 aromatic rings. The molecule has 96 valence electrons. The molecule has 0 radical (unpaired) electrons. The molecule has 0 aliphatic carbocycles. The molecule has 0 saturated heterocycles. The second-order valence-electron chi connectivity index (χ2n) is 3.70. The number of aliphatic hydroxyl groups excluding tert-OH is 2. The summed E-state index contributed by atoms with van der Waals surface area (Å²) in [7, 11) is 1.67. The summed E-state index contributed by atoms with van der Waals surface area (Å²) in [5.74, 6) is 5.02. The second kappa shape index (κ2) is 7.43. The monoisotopic (exact) mass is 248 g/mol. The maximum absolute atomic E-state index is 11.9. The number of carbonyl (C=O) groups excluding carboxylic acids is 1. The molecule has 18 heavy (non-hydrogen) atoms. The van der Waals surface area contributed by atoms with Gasteiger partial charge in [-0.15, -0.1) is 0 Å². The van der Waals surface area contributed by atoms with Crippen molar-refractivity contribution in [2.24, 2.45) is 0 Å². The highest BCUT2D eigenvalue weighted by Crippen LogP contribution is 2.03. The van der Waals surface area contributed by atoms with E-state index >= 15 is 0 Å². The molecular weight excluding hydrogens is 232 g/mol. The van der Waals surface area contributed by atoms with E-state index in [0.717, 1.165) is 0 Å². The minimum atomic E-state index is -0.204. The number of hydrogen-bond acceptors (Lipinski definition) is 4. The van der Waals surface area contributed by atoms with Crippen LogP contribution >= 0.6 is 0 Å². The van der Waals surface area contributed by atoms with Gasteiger partial charge in [0.05, 0.1) is 0 Å². The van der Waals surface area contributed by atoms with Crippen molar-refractivity contribution >= 4 is 5.91 Å². The van der Waals surface area contributed by atoms with Gasteiger partial charge >= 0.3 is 0 Å². The third kappa shape index (κ3) is 4.17. The summed E-state index contributed by atoms with van der Waals surface area (Å²) in [5.41, 5.74) is 0.989. The van der Waals surface area contributed by atoms with Crippen LogP contribution in [-0.4, -0.2) is 52.8 Å². The Morgan fingerprint density at radius 3 is 2.78 bits per heavy atom. The van der Waals surface area contributed by atoms with Gasteiger partial charge in [-0.2, -0.15) is 0 Å². The summed E-state index contributed by atoms with van der Waals surface area (Å²) in [4.78, 5) is 17.4. The van der Waals surface area contributed by atoms with E-state index in [9.17, 15) is 4.79 Å². The Kier molecular flexibility index (Phi) is 5.85. The molecule has 0 fully saturated rings. The summed E-state index contributed by atoms with van der Waals surface area (Å²) < 4.78 is 0. The molecule has 0 bridgehead atoms. The zero-order valence-corrected chi connectivity index (χ0v) is 10.3. The number of aromatic nitrogens is 1. The predicted octanol–water partition coefficient (Wildman–Crippen LogP) is -0.120. The smallest absolute Gasteiger partial charge is 0.272 e. The van der Waals surface area contributed by atoms with Crippen LogP contribution in [0.1, 0.15) is 22.5 Å². The van der Waals surface area contributed by atoms with Gasteiger partial charge in [0.15, 0.2) is 0 Å². The zero-order valence-electron chi connectivity index (χ0n) is 10.3. The van der Waals surface area contributed by atoms with Gasteiger partial charge in [0.2, 0.25) is 0 Å². The fraction of sp³-hybridized carbons (Fsp3) is 0.385. The van der Waals surface area contributed by atoms with E-state index in [1.54, 1.807) is 19.2 Å². The first-order chi connectivity index (χ1) is 8.69. The van der Waals surface area contributed by atoms with Gasteiger partial charge in [0.25, 0.3) is 5.91 Å². The van der Waals surface area contributed by atoms with Gasteiger partial charge in [-0.05, 0) is 18.6 Å². The molecule has 0 aromatic carbocycles. The number of amides is 1. The van der Waals surface area contributed by atoms with Crippen LogP contribution in [0.25, 0.3) is 0 Å². The minimum Gasteiger partial charge on any atom is -0.396 e. The van der Waals surface area contributed by atoms with E-state index in [1.807, 2.05) is 0 Å². The number of pyridine rings is 1. The molecular formula is C13H16N2O3. The van der Waals surface area contributed by atoms with E-state index < -0.39 is 0 Å². The average Bonchev–Trinajstić information content (AvgIpc) is 2.42. The van der Waals surface area contributed by atoms with Crippen molar-refractivity contribution in [3.8, 4) is 11.8 Å². The Balaban J connectivity index is 2.69. The highest BCUT2D eigenvalue weighted by Gasteiger charge is 2.11. The Labute approximate surface area is 106 Å². The van der Waals surface area contributed by atoms with Gasteiger partial charge in [-0.25, -0.2) is 4.98 Å². The van der Waals surface area contributed by atoms with Gasteiger partial charge < -0.3 is 15.1 Å². The van der Waals surface area contributed by atoms with Crippen LogP contribution in [0.3, 0.4) is 0 Å². The number of aliphatic hydroxyl groups is 2. The highest BCUT2D eigenvalue weighted by atomic mass is 16.3. The first kappa shape index (κ1) is 14.2.